The molecule has 0 N–H and O–H groups in total. The Morgan fingerprint density at radius 2 is 1.09 bits per heavy atom. The third kappa shape index (κ3) is 5.97. The van der Waals surface area contributed by atoms with Crippen LogP contribution in [0.4, 0.5) is 11.4 Å². The zero-order valence-corrected chi connectivity index (χ0v) is 25.1. The van der Waals surface area contributed by atoms with Gasteiger partial charge in [-0.05, 0) is 53.9 Å². The van der Waals surface area contributed by atoms with Gasteiger partial charge in [0.15, 0.2) is 0 Å². The maximum absolute atomic E-state index is 12.3. The van der Waals surface area contributed by atoms with Crippen LogP contribution in [0.2, 0.25) is 0 Å². The van der Waals surface area contributed by atoms with Gasteiger partial charge in [-0.1, -0.05) is 50.5 Å². The molecular weight excluding hydrogens is 578 g/mol. The molecule has 0 saturated carbocycles. The molecule has 0 bridgehead atoms. The van der Waals surface area contributed by atoms with Gasteiger partial charge in [0, 0.05) is 29.4 Å². The number of unbranched alkanes of at least 4 members (excludes halogenated alkanes) is 3. The molecule has 1 aromatic heterocycles. The van der Waals surface area contributed by atoms with E-state index < -0.39 is 21.8 Å². The minimum atomic E-state index is -0.518. The number of hydrogen-bond acceptors (Lipinski definition) is 8. The molecule has 5 rings (SSSR count). The minimum absolute atomic E-state index is 0.163. The van der Waals surface area contributed by atoms with Gasteiger partial charge >= 0.3 is 11.9 Å². The Morgan fingerprint density at radius 3 is 1.44 bits per heavy atom. The van der Waals surface area contributed by atoms with Gasteiger partial charge in [0.25, 0.3) is 11.4 Å². The summed E-state index contributed by atoms with van der Waals surface area (Å²) >= 11 is 0. The number of fused-ring (bicyclic) bond motifs is 3. The molecule has 5 aromatic rings. The molecule has 4 aromatic carbocycles. The Bertz CT molecular complexity index is 1810. The Balaban J connectivity index is 1.77. The number of aryl methyl sites for hydroxylation is 1. The van der Waals surface area contributed by atoms with Crippen LogP contribution < -0.4 is 0 Å². The lowest BCUT2D eigenvalue weighted by atomic mass is 9.98. The van der Waals surface area contributed by atoms with Crippen molar-refractivity contribution in [1.82, 2.24) is 4.57 Å². The van der Waals surface area contributed by atoms with E-state index in [-0.39, 0.29) is 11.4 Å². The summed E-state index contributed by atoms with van der Waals surface area (Å²) in [7, 11) is 2.56. The van der Waals surface area contributed by atoms with Crippen molar-refractivity contribution in [3.8, 4) is 22.3 Å². The van der Waals surface area contributed by atoms with Crippen molar-refractivity contribution >= 4 is 45.1 Å². The van der Waals surface area contributed by atoms with Gasteiger partial charge in [-0.2, -0.15) is 0 Å². The predicted molar refractivity (Wildman–Crippen MR) is 170 cm³/mol. The Kier molecular flexibility index (Phi) is 8.89. The lowest BCUT2D eigenvalue weighted by Gasteiger charge is -2.11. The van der Waals surface area contributed by atoms with Crippen LogP contribution >= 0.6 is 0 Å². The molecule has 0 unspecified atom stereocenters. The SMILES string of the molecule is CCCCCCn1c2cc(-c3ccc(C(=O)OC)cc3)c([N+](=O)[O-])cc2c2cc([N+](=O)[O-])c(-c3ccc(C(=O)OC)cc3)cc21. The summed E-state index contributed by atoms with van der Waals surface area (Å²) < 4.78 is 11.6. The van der Waals surface area contributed by atoms with E-state index >= 15 is 0 Å². The third-order valence-electron chi connectivity index (χ3n) is 7.96. The molecule has 0 aliphatic heterocycles. The number of benzene rings is 4. The monoisotopic (exact) mass is 609 g/mol. The number of methoxy groups -OCH3 is 2. The van der Waals surface area contributed by atoms with E-state index in [1.807, 2.05) is 0 Å². The largest absolute Gasteiger partial charge is 0.465 e. The highest BCUT2D eigenvalue weighted by molar-refractivity contribution is 6.12. The van der Waals surface area contributed by atoms with E-state index in [4.69, 9.17) is 9.47 Å². The molecule has 11 heteroatoms. The molecule has 230 valence electrons. The number of ether oxygens (including phenoxy) is 2. The third-order valence-corrected chi connectivity index (χ3v) is 7.96. The van der Waals surface area contributed by atoms with Crippen LogP contribution in [-0.2, 0) is 16.0 Å². The van der Waals surface area contributed by atoms with Crippen molar-refractivity contribution in [3.05, 3.63) is 104 Å². The van der Waals surface area contributed by atoms with E-state index in [0.717, 1.165) is 25.7 Å². The van der Waals surface area contributed by atoms with Gasteiger partial charge in [-0.15, -0.1) is 0 Å². The summed E-state index contributed by atoms with van der Waals surface area (Å²) in [6.45, 7) is 2.71. The van der Waals surface area contributed by atoms with Gasteiger partial charge in [0.2, 0.25) is 0 Å². The van der Waals surface area contributed by atoms with Crippen molar-refractivity contribution in [3.63, 3.8) is 0 Å². The number of nitrogens with zero attached hydrogens (tertiary/aromatic N) is 3. The number of rotatable bonds is 11. The standard InChI is InChI=1S/C34H31N3O8/c1-4-5-6-7-16-35-29-17-25(21-8-12-23(13-9-21)33(38)44-2)31(36(40)41)19-27(29)28-20-32(37(42)43)26(18-30(28)35)22-10-14-24(15-11-22)34(39)45-3/h8-15,17-20H,4-7,16H2,1-3H3. The van der Waals surface area contributed by atoms with Gasteiger partial charge < -0.3 is 14.0 Å². The normalized spacial score (nSPS) is 11.1. The molecule has 0 spiro atoms. The van der Waals surface area contributed by atoms with Crippen LogP contribution in [0, 0.1) is 20.2 Å². The van der Waals surface area contributed by atoms with Gasteiger partial charge in [-0.3, -0.25) is 20.2 Å². The quantitative estimate of drug-likeness (QED) is 0.0632. The van der Waals surface area contributed by atoms with Crippen LogP contribution in [0.3, 0.4) is 0 Å². The van der Waals surface area contributed by atoms with Crippen molar-refractivity contribution in [2.75, 3.05) is 14.2 Å². The lowest BCUT2D eigenvalue weighted by Crippen LogP contribution is -2.01. The highest BCUT2D eigenvalue weighted by Gasteiger charge is 2.25. The number of nitro groups is 2. The summed E-state index contributed by atoms with van der Waals surface area (Å²) in [5, 5.41) is 25.7. The molecule has 1 heterocycles. The van der Waals surface area contributed by atoms with Crippen molar-refractivity contribution in [1.29, 1.82) is 0 Å². The molecule has 0 fully saturated rings. The van der Waals surface area contributed by atoms with E-state index in [2.05, 4.69) is 11.5 Å². The molecule has 0 aliphatic carbocycles. The van der Waals surface area contributed by atoms with Crippen LogP contribution in [0.25, 0.3) is 44.1 Å². The van der Waals surface area contributed by atoms with E-state index in [0.29, 0.717) is 61.7 Å². The van der Waals surface area contributed by atoms with Gasteiger partial charge in [0.05, 0.1) is 57.4 Å². The van der Waals surface area contributed by atoms with Crippen molar-refractivity contribution in [2.24, 2.45) is 0 Å². The summed E-state index contributed by atoms with van der Waals surface area (Å²) in [6, 6.07) is 19.2. The number of esters is 2. The fourth-order valence-corrected chi connectivity index (χ4v) is 5.67. The maximum atomic E-state index is 12.3. The smallest absolute Gasteiger partial charge is 0.337 e. The average Bonchev–Trinajstić information content (AvgIpc) is 3.36. The van der Waals surface area contributed by atoms with Gasteiger partial charge in [0.1, 0.15) is 0 Å². The van der Waals surface area contributed by atoms with Crippen LogP contribution in [0.1, 0.15) is 53.3 Å². The highest BCUT2D eigenvalue weighted by atomic mass is 16.6. The van der Waals surface area contributed by atoms with Crippen LogP contribution in [0.15, 0.2) is 72.8 Å². The summed E-state index contributed by atoms with van der Waals surface area (Å²) in [5.41, 5.74) is 3.49. The van der Waals surface area contributed by atoms with Gasteiger partial charge in [-0.25, -0.2) is 9.59 Å². The molecule has 45 heavy (non-hydrogen) atoms. The number of aromatic nitrogens is 1. The molecule has 0 saturated heterocycles. The second-order valence-corrected chi connectivity index (χ2v) is 10.6. The molecule has 0 amide bonds. The number of hydrogen-bond donors (Lipinski definition) is 0. The second kappa shape index (κ2) is 13.0. The average molecular weight is 610 g/mol. The number of carbonyl (C=O) groups excluding carboxylic acids is 2. The first-order valence-corrected chi connectivity index (χ1v) is 14.5. The Hall–Kier alpha value is -5.58. The van der Waals surface area contributed by atoms with E-state index in [1.54, 1.807) is 60.7 Å². The van der Waals surface area contributed by atoms with E-state index in [1.165, 1.54) is 26.4 Å². The fourth-order valence-electron chi connectivity index (χ4n) is 5.67. The first-order chi connectivity index (χ1) is 21.7. The van der Waals surface area contributed by atoms with Crippen molar-refractivity contribution < 1.29 is 28.9 Å². The van der Waals surface area contributed by atoms with Crippen LogP contribution in [0.5, 0.6) is 0 Å². The predicted octanol–water partition coefficient (Wildman–Crippen LogP) is 8.10. The maximum Gasteiger partial charge on any atom is 0.337 e. The first kappa shape index (κ1) is 30.9. The molecular formula is C34H31N3O8. The fraction of sp³-hybridized carbons (Fsp3) is 0.235. The highest BCUT2D eigenvalue weighted by Crippen LogP contribution is 2.42. The molecule has 0 atom stereocenters. The zero-order valence-electron chi connectivity index (χ0n) is 25.1. The zero-order chi connectivity index (χ0) is 32.2. The Labute approximate surface area is 258 Å². The van der Waals surface area contributed by atoms with E-state index in [9.17, 15) is 29.8 Å². The van der Waals surface area contributed by atoms with Crippen LogP contribution in [-0.4, -0.2) is 40.6 Å². The second-order valence-electron chi connectivity index (χ2n) is 10.6. The van der Waals surface area contributed by atoms with Crippen molar-refractivity contribution in [2.45, 2.75) is 39.2 Å². The topological polar surface area (TPSA) is 144 Å². The minimum Gasteiger partial charge on any atom is -0.465 e. The molecule has 0 aliphatic rings. The summed E-state index contributed by atoms with van der Waals surface area (Å²) in [6.07, 6.45) is 3.90. The lowest BCUT2D eigenvalue weighted by molar-refractivity contribution is -0.384. The summed E-state index contributed by atoms with van der Waals surface area (Å²) in [4.78, 5) is 47.7. The number of carbonyl (C=O) groups is 2. The number of nitro benzene ring substituents is 2. The molecule has 0 radical (unpaired) electrons. The summed E-state index contributed by atoms with van der Waals surface area (Å²) in [5.74, 6) is -1.04. The first-order valence-electron chi connectivity index (χ1n) is 14.5. The Morgan fingerprint density at radius 1 is 0.667 bits per heavy atom. The molecule has 11 nitrogen and oxygen atoms in total.